The molecule has 310 valence electrons. The lowest BCUT2D eigenvalue weighted by atomic mass is 9.74. The van der Waals surface area contributed by atoms with Crippen LogP contribution < -0.4 is 14.8 Å². The number of carbonyl (C=O) groups excluding carboxylic acids is 1. The highest BCUT2D eigenvalue weighted by Gasteiger charge is 2.53. The van der Waals surface area contributed by atoms with Gasteiger partial charge in [-0.3, -0.25) is 0 Å². The van der Waals surface area contributed by atoms with Crippen LogP contribution in [0.15, 0.2) is 0 Å². The lowest BCUT2D eigenvalue weighted by molar-refractivity contribution is 0.00705. The number of carbonyl (C=O) groups is 1. The van der Waals surface area contributed by atoms with Crippen molar-refractivity contribution < 1.29 is 27.5 Å². The Morgan fingerprint density at radius 3 is 1.63 bits per heavy atom. The molecule has 2 spiro atoms. The van der Waals surface area contributed by atoms with Crippen molar-refractivity contribution >= 4 is 36.4 Å². The molecule has 0 aromatic carbocycles. The van der Waals surface area contributed by atoms with Crippen molar-refractivity contribution in [3.8, 4) is 0 Å². The number of aliphatic hydroxyl groups excluding tert-OH is 1. The largest absolute Gasteiger partial charge is 0.444 e. The van der Waals surface area contributed by atoms with Gasteiger partial charge in [-0.1, -0.05) is 35.6 Å². The first-order chi connectivity index (χ1) is 22.6. The number of ether oxygens (including phenoxy) is 1. The number of piperidine rings is 2. The van der Waals surface area contributed by atoms with Crippen LogP contribution in [0.4, 0.5) is 4.79 Å². The Morgan fingerprint density at radius 1 is 0.769 bits per heavy atom. The van der Waals surface area contributed by atoms with Crippen molar-refractivity contribution in [2.75, 3.05) is 26.2 Å². The number of rotatable bonds is 6. The molecule has 2 saturated heterocycles. The van der Waals surface area contributed by atoms with Gasteiger partial charge in [0, 0.05) is 31.3 Å². The van der Waals surface area contributed by atoms with Gasteiger partial charge in [0.1, 0.15) is 5.60 Å². The van der Waals surface area contributed by atoms with E-state index in [0.29, 0.717) is 13.1 Å². The summed E-state index contributed by atoms with van der Waals surface area (Å²) in [6.45, 7) is 32.4. The maximum absolute atomic E-state index is 13.0. The first-order valence-electron chi connectivity index (χ1n) is 19.0. The Hall–Kier alpha value is -0.413. The molecule has 4 fully saturated rings. The van der Waals surface area contributed by atoms with E-state index in [1.165, 1.54) is 0 Å². The molecule has 0 bridgehead atoms. The molecule has 0 unspecified atom stereocenters. The van der Waals surface area contributed by atoms with Gasteiger partial charge in [0.05, 0.1) is 37.6 Å². The minimum atomic E-state index is -1.90. The third-order valence-corrected chi connectivity index (χ3v) is 19.4. The summed E-state index contributed by atoms with van der Waals surface area (Å²) in [6.07, 6.45) is 7.02. The van der Waals surface area contributed by atoms with Crippen LogP contribution in [0.2, 0.25) is 18.1 Å². The van der Waals surface area contributed by atoms with Crippen molar-refractivity contribution in [2.45, 2.75) is 207 Å². The molecule has 0 aromatic heterocycles. The number of hydrogen-bond donors (Lipinski definition) is 4. The average Bonchev–Trinajstić information content (AvgIpc) is 3.41. The minimum Gasteiger partial charge on any atom is -0.444 e. The van der Waals surface area contributed by atoms with E-state index in [1.807, 2.05) is 67.2 Å². The van der Waals surface area contributed by atoms with Gasteiger partial charge in [-0.25, -0.2) is 22.7 Å². The molecule has 13 heteroatoms. The van der Waals surface area contributed by atoms with Crippen molar-refractivity contribution in [1.29, 1.82) is 0 Å². The summed E-state index contributed by atoms with van der Waals surface area (Å²) in [5, 5.41) is 13.5. The van der Waals surface area contributed by atoms with Crippen molar-refractivity contribution in [3.05, 3.63) is 0 Å². The Balaban J connectivity index is 0.000000574. The average molecular weight is 795 g/mol. The standard InChI is InChI=1S/C24H48N2O4SSi.C13H26N2O2S.2CH4/c1-21(2,3)29-20(27)26-14-12-24(13-15-26)17-18(30-32(10,11)23(7,8)9)16-19(24)25-31(28)22(4,5)6;1-12(2,3)18(17)15-11-8-10(16)9-13(11)4-6-14-7-5-13;;/h18-19,25H,12-17H2,1-11H3;10-11,14-16H,4-9H2,1-3H3;2*1H4/t18-,19-,31-;10-,11-,18-;;/m11../s1. The SMILES string of the molecule is C.C.CC(C)(C)OC(=O)N1CCC2(CC1)C[C@H](O[Si](C)(C)C(C)(C)C)C[C@H]2N[S@](=O)C(C)(C)C.CC(C)(C)[S@@](=O)N[C@@H]1C[C@@H](O)CC12CCNCC2. The molecule has 2 aliphatic carbocycles. The first-order valence-corrected chi connectivity index (χ1v) is 24.2. The second-order valence-corrected chi connectivity index (χ2v) is 28.8. The van der Waals surface area contributed by atoms with Gasteiger partial charge < -0.3 is 24.5 Å². The number of amides is 1. The molecule has 4 rings (SSSR count). The molecule has 10 nitrogen and oxygen atoms in total. The molecule has 2 aliphatic heterocycles. The fourth-order valence-electron chi connectivity index (χ4n) is 7.54. The normalized spacial score (nSPS) is 27.6. The van der Waals surface area contributed by atoms with Gasteiger partial charge in [-0.15, -0.1) is 0 Å². The third-order valence-electron chi connectivity index (χ3n) is 11.6. The van der Waals surface area contributed by atoms with E-state index < -0.39 is 35.9 Å². The first kappa shape index (κ1) is 49.6. The van der Waals surface area contributed by atoms with Gasteiger partial charge in [0.15, 0.2) is 8.32 Å². The second kappa shape index (κ2) is 18.2. The molecule has 2 heterocycles. The van der Waals surface area contributed by atoms with E-state index in [1.54, 1.807) is 0 Å². The Morgan fingerprint density at radius 2 is 1.21 bits per heavy atom. The Kier molecular flexibility index (Phi) is 17.4. The van der Waals surface area contributed by atoms with E-state index in [9.17, 15) is 18.3 Å². The molecular formula is C39H82N4O6S2Si. The molecule has 0 aromatic rings. The van der Waals surface area contributed by atoms with Crippen LogP contribution >= 0.6 is 0 Å². The number of aliphatic hydroxyl groups is 1. The molecule has 2 saturated carbocycles. The zero-order valence-electron chi connectivity index (χ0n) is 34.0. The summed E-state index contributed by atoms with van der Waals surface area (Å²) in [4.78, 5) is 14.4. The van der Waals surface area contributed by atoms with Crippen LogP contribution in [-0.2, 0) is 31.1 Å². The fourth-order valence-corrected chi connectivity index (χ4v) is 10.8. The van der Waals surface area contributed by atoms with Crippen molar-refractivity contribution in [1.82, 2.24) is 19.7 Å². The van der Waals surface area contributed by atoms with E-state index in [4.69, 9.17) is 9.16 Å². The lowest BCUT2D eigenvalue weighted by Gasteiger charge is -2.44. The zero-order chi connectivity index (χ0) is 38.1. The van der Waals surface area contributed by atoms with Crippen LogP contribution in [0, 0.1) is 10.8 Å². The Labute approximate surface area is 326 Å². The van der Waals surface area contributed by atoms with Gasteiger partial charge >= 0.3 is 6.09 Å². The molecule has 6 atom stereocenters. The Bertz CT molecular complexity index is 1190. The quantitative estimate of drug-likeness (QED) is 0.202. The maximum atomic E-state index is 13.0. The molecular weight excluding hydrogens is 713 g/mol. The van der Waals surface area contributed by atoms with Crippen LogP contribution in [-0.4, -0.2) is 98.4 Å². The van der Waals surface area contributed by atoms with Gasteiger partial charge in [-0.05, 0) is 156 Å². The summed E-state index contributed by atoms with van der Waals surface area (Å²) in [6, 6.07) is 0.313. The predicted octanol–water partition coefficient (Wildman–Crippen LogP) is 7.81. The summed E-state index contributed by atoms with van der Waals surface area (Å²) in [7, 11) is -4.09. The summed E-state index contributed by atoms with van der Waals surface area (Å²) >= 11 is 0. The maximum Gasteiger partial charge on any atom is 0.410 e. The highest BCUT2D eigenvalue weighted by atomic mass is 32.2. The fraction of sp³-hybridized carbons (Fsp3) is 0.974. The number of nitrogens with one attached hydrogen (secondary N) is 3. The van der Waals surface area contributed by atoms with E-state index in [-0.39, 0.29) is 70.6 Å². The number of nitrogens with zero attached hydrogens (tertiary/aromatic N) is 1. The van der Waals surface area contributed by atoms with Crippen LogP contribution in [0.5, 0.6) is 0 Å². The zero-order valence-corrected chi connectivity index (χ0v) is 36.7. The number of hydrogen-bond acceptors (Lipinski definition) is 7. The van der Waals surface area contributed by atoms with Crippen molar-refractivity contribution in [3.63, 3.8) is 0 Å². The van der Waals surface area contributed by atoms with Gasteiger partial charge in [0.25, 0.3) is 0 Å². The van der Waals surface area contributed by atoms with Crippen LogP contribution in [0.3, 0.4) is 0 Å². The summed E-state index contributed by atoms with van der Waals surface area (Å²) < 4.78 is 43.9. The molecule has 52 heavy (non-hydrogen) atoms. The molecule has 0 radical (unpaired) electrons. The van der Waals surface area contributed by atoms with Crippen molar-refractivity contribution in [2.24, 2.45) is 10.8 Å². The molecule has 4 N–H and O–H groups in total. The summed E-state index contributed by atoms with van der Waals surface area (Å²) in [5.41, 5.74) is -0.354. The summed E-state index contributed by atoms with van der Waals surface area (Å²) in [5.74, 6) is 0. The second-order valence-electron chi connectivity index (χ2n) is 20.1. The molecule has 4 aliphatic rings. The van der Waals surface area contributed by atoms with E-state index in [0.717, 1.165) is 64.5 Å². The van der Waals surface area contributed by atoms with Crippen LogP contribution in [0.25, 0.3) is 0 Å². The molecule has 1 amide bonds. The predicted molar refractivity (Wildman–Crippen MR) is 224 cm³/mol. The van der Waals surface area contributed by atoms with Gasteiger partial charge in [0.2, 0.25) is 0 Å². The van der Waals surface area contributed by atoms with E-state index >= 15 is 0 Å². The monoisotopic (exact) mass is 795 g/mol. The van der Waals surface area contributed by atoms with Crippen LogP contribution in [0.1, 0.15) is 149 Å². The smallest absolute Gasteiger partial charge is 0.410 e. The van der Waals surface area contributed by atoms with E-state index in [2.05, 4.69) is 48.6 Å². The topological polar surface area (TPSA) is 129 Å². The van der Waals surface area contributed by atoms with Gasteiger partial charge in [-0.2, -0.15) is 0 Å². The highest BCUT2D eigenvalue weighted by Crippen LogP contribution is 2.50. The number of likely N-dealkylation sites (tertiary alicyclic amines) is 1. The third kappa shape index (κ3) is 13.1. The highest BCUT2D eigenvalue weighted by molar-refractivity contribution is 7.84. The lowest BCUT2D eigenvalue weighted by Crippen LogP contribution is -2.52. The minimum absolute atomic E-state index is 0.